The number of nitrogens with zero attached hydrogens (tertiary/aromatic N) is 3. The van der Waals surface area contributed by atoms with E-state index in [1.54, 1.807) is 42.2 Å². The van der Waals surface area contributed by atoms with Crippen LogP contribution in [0.3, 0.4) is 0 Å². The highest BCUT2D eigenvalue weighted by Gasteiger charge is 2.24. The summed E-state index contributed by atoms with van der Waals surface area (Å²) in [5, 5.41) is 11.1. The van der Waals surface area contributed by atoms with Crippen LogP contribution in [0, 0.1) is 6.92 Å². The number of pyridine rings is 1. The van der Waals surface area contributed by atoms with Gasteiger partial charge in [0.2, 0.25) is 0 Å². The Balaban J connectivity index is 1.67. The lowest BCUT2D eigenvalue weighted by Crippen LogP contribution is -2.36. The molecule has 1 aliphatic carbocycles. The molecule has 0 spiro atoms. The number of hydrogen-bond donors (Lipinski definition) is 2. The van der Waals surface area contributed by atoms with Gasteiger partial charge < -0.3 is 10.6 Å². The fourth-order valence-corrected chi connectivity index (χ4v) is 5.49. The molecule has 4 rings (SSSR count). The molecule has 10 heteroatoms. The third-order valence-electron chi connectivity index (χ3n) is 5.95. The minimum absolute atomic E-state index is 0.154. The van der Waals surface area contributed by atoms with E-state index in [1.807, 2.05) is 19.2 Å². The lowest BCUT2D eigenvalue weighted by atomic mass is 9.95. The molecule has 184 valence electrons. The first kappa shape index (κ1) is 25.7. The van der Waals surface area contributed by atoms with Crippen LogP contribution in [0.1, 0.15) is 64.2 Å². The second-order valence-corrected chi connectivity index (χ2v) is 10.8. The van der Waals surface area contributed by atoms with Crippen LogP contribution >= 0.6 is 39.3 Å². The summed E-state index contributed by atoms with van der Waals surface area (Å²) in [4.78, 5) is 31.1. The smallest absolute Gasteiger partial charge is 0.274 e. The highest BCUT2D eigenvalue weighted by atomic mass is 79.9. The third kappa shape index (κ3) is 6.08. The van der Waals surface area contributed by atoms with E-state index in [1.165, 1.54) is 11.1 Å². The van der Waals surface area contributed by atoms with Gasteiger partial charge in [0, 0.05) is 22.5 Å². The zero-order chi connectivity index (χ0) is 24.9. The van der Waals surface area contributed by atoms with Gasteiger partial charge in [0.05, 0.1) is 22.0 Å². The molecule has 2 amide bonds. The van der Waals surface area contributed by atoms with Crippen LogP contribution in [0.4, 0.5) is 5.69 Å². The summed E-state index contributed by atoms with van der Waals surface area (Å²) in [6.45, 7) is 1.86. The topological polar surface area (TPSA) is 88.9 Å². The van der Waals surface area contributed by atoms with E-state index in [9.17, 15) is 9.59 Å². The van der Waals surface area contributed by atoms with Gasteiger partial charge in [-0.05, 0) is 61.9 Å². The molecule has 0 atom stereocenters. The van der Waals surface area contributed by atoms with Gasteiger partial charge in [-0.25, -0.2) is 9.67 Å². The number of halogens is 2. The number of carbonyl (C=O) groups excluding carboxylic acids is 2. The molecule has 1 aromatic carbocycles. The summed E-state index contributed by atoms with van der Waals surface area (Å²) < 4.78 is 2.23. The van der Waals surface area contributed by atoms with E-state index in [0.717, 1.165) is 41.4 Å². The Morgan fingerprint density at radius 1 is 1.20 bits per heavy atom. The molecule has 1 fully saturated rings. The fourth-order valence-electron chi connectivity index (χ4n) is 4.28. The molecule has 3 aromatic rings. The van der Waals surface area contributed by atoms with Gasteiger partial charge >= 0.3 is 0 Å². The Labute approximate surface area is 222 Å². The molecule has 2 N–H and O–H groups in total. The van der Waals surface area contributed by atoms with Gasteiger partial charge in [-0.2, -0.15) is 16.9 Å². The number of rotatable bonds is 7. The van der Waals surface area contributed by atoms with Crippen LogP contribution in [0.25, 0.3) is 5.82 Å². The Bertz CT molecular complexity index is 1240. The van der Waals surface area contributed by atoms with E-state index in [4.69, 9.17) is 11.6 Å². The van der Waals surface area contributed by atoms with Crippen molar-refractivity contribution >= 4 is 56.8 Å². The van der Waals surface area contributed by atoms with Crippen LogP contribution in [0.5, 0.6) is 0 Å². The van der Waals surface area contributed by atoms with Gasteiger partial charge in [-0.1, -0.05) is 46.8 Å². The van der Waals surface area contributed by atoms with Gasteiger partial charge in [0.25, 0.3) is 11.8 Å². The van der Waals surface area contributed by atoms with Gasteiger partial charge in [-0.15, -0.1) is 0 Å². The fraction of sp³-hybridized carbons (Fsp3) is 0.360. The molecule has 0 unspecified atom stereocenters. The number of aromatic nitrogens is 3. The SMILES string of the molecule is CSCc1cc(C(=O)Nc2c(C)cc(Br)cc2C(=O)NC2CCCCC2)n(-c2ncccc2Cl)n1. The minimum atomic E-state index is -0.399. The normalized spacial score (nSPS) is 14.1. The number of hydrogen-bond acceptors (Lipinski definition) is 5. The maximum Gasteiger partial charge on any atom is 0.274 e. The van der Waals surface area contributed by atoms with Crippen molar-refractivity contribution < 1.29 is 9.59 Å². The lowest BCUT2D eigenvalue weighted by Gasteiger charge is -2.24. The molecule has 1 aliphatic rings. The summed E-state index contributed by atoms with van der Waals surface area (Å²) in [5.74, 6) is 0.406. The van der Waals surface area contributed by atoms with Crippen molar-refractivity contribution in [3.63, 3.8) is 0 Å². The van der Waals surface area contributed by atoms with Crippen molar-refractivity contribution in [3.8, 4) is 5.82 Å². The molecular weight excluding hydrogens is 550 g/mol. The average molecular weight is 577 g/mol. The molecule has 1 saturated carbocycles. The Hall–Kier alpha value is -2.36. The molecule has 2 heterocycles. The van der Waals surface area contributed by atoms with Crippen LogP contribution in [0.15, 0.2) is 41.0 Å². The summed E-state index contributed by atoms with van der Waals surface area (Å²) in [6.07, 6.45) is 8.96. The standard InChI is InChI=1S/C25H27BrClN5O2S/c1-15-11-16(26)12-19(24(33)29-17-7-4-3-5-8-17)22(15)30-25(34)21-13-18(14-35-2)31-32(21)23-20(27)9-6-10-28-23/h6,9-13,17H,3-5,7-8,14H2,1-2H3,(H,29,33)(H,30,34). The summed E-state index contributed by atoms with van der Waals surface area (Å²) in [5.41, 5.74) is 2.68. The maximum atomic E-state index is 13.5. The van der Waals surface area contributed by atoms with E-state index in [0.29, 0.717) is 27.8 Å². The van der Waals surface area contributed by atoms with Gasteiger partial charge in [-0.3, -0.25) is 9.59 Å². The number of aryl methyl sites for hydroxylation is 1. The van der Waals surface area contributed by atoms with Crippen molar-refractivity contribution in [3.05, 3.63) is 68.5 Å². The first-order valence-electron chi connectivity index (χ1n) is 11.5. The van der Waals surface area contributed by atoms with E-state index < -0.39 is 5.91 Å². The Kier molecular flexibility index (Phi) is 8.51. The molecule has 0 radical (unpaired) electrons. The molecule has 35 heavy (non-hydrogen) atoms. The quantitative estimate of drug-likeness (QED) is 0.351. The number of carbonyl (C=O) groups is 2. The maximum absolute atomic E-state index is 13.5. The van der Waals surface area contributed by atoms with Crippen molar-refractivity contribution in [2.45, 2.75) is 50.8 Å². The van der Waals surface area contributed by atoms with Crippen molar-refractivity contribution in [2.24, 2.45) is 0 Å². The van der Waals surface area contributed by atoms with Crippen molar-refractivity contribution in [1.82, 2.24) is 20.1 Å². The highest BCUT2D eigenvalue weighted by molar-refractivity contribution is 9.10. The number of thioether (sulfide) groups is 1. The van der Waals surface area contributed by atoms with E-state index in [-0.39, 0.29) is 17.6 Å². The van der Waals surface area contributed by atoms with Gasteiger partial charge in [0.1, 0.15) is 5.69 Å². The van der Waals surface area contributed by atoms with Crippen LogP contribution in [-0.4, -0.2) is 38.9 Å². The van der Waals surface area contributed by atoms with Crippen molar-refractivity contribution in [1.29, 1.82) is 0 Å². The Morgan fingerprint density at radius 3 is 2.69 bits per heavy atom. The second kappa shape index (κ2) is 11.6. The Morgan fingerprint density at radius 2 is 1.97 bits per heavy atom. The molecule has 0 bridgehead atoms. The van der Waals surface area contributed by atoms with Crippen LogP contribution in [-0.2, 0) is 5.75 Å². The summed E-state index contributed by atoms with van der Waals surface area (Å²) in [6, 6.07) is 8.92. The first-order chi connectivity index (χ1) is 16.9. The highest BCUT2D eigenvalue weighted by Crippen LogP contribution is 2.28. The van der Waals surface area contributed by atoms with Gasteiger partial charge in [0.15, 0.2) is 5.82 Å². The number of anilines is 1. The predicted octanol–water partition coefficient (Wildman–Crippen LogP) is 6.17. The third-order valence-corrected chi connectivity index (χ3v) is 7.29. The predicted molar refractivity (Wildman–Crippen MR) is 145 cm³/mol. The minimum Gasteiger partial charge on any atom is -0.349 e. The van der Waals surface area contributed by atoms with Crippen LogP contribution < -0.4 is 10.6 Å². The average Bonchev–Trinajstić information content (AvgIpc) is 3.25. The molecule has 0 saturated heterocycles. The van der Waals surface area contributed by atoms with Crippen molar-refractivity contribution in [2.75, 3.05) is 11.6 Å². The van der Waals surface area contributed by atoms with E-state index in [2.05, 4.69) is 36.6 Å². The zero-order valence-electron chi connectivity index (χ0n) is 19.6. The first-order valence-corrected chi connectivity index (χ1v) is 14.0. The van der Waals surface area contributed by atoms with E-state index >= 15 is 0 Å². The largest absolute Gasteiger partial charge is 0.349 e. The molecule has 2 aromatic heterocycles. The lowest BCUT2D eigenvalue weighted by molar-refractivity contribution is 0.0928. The second-order valence-electron chi connectivity index (χ2n) is 8.58. The molecule has 7 nitrogen and oxygen atoms in total. The number of benzene rings is 1. The monoisotopic (exact) mass is 575 g/mol. The summed E-state index contributed by atoms with van der Waals surface area (Å²) >= 11 is 11.5. The number of nitrogens with one attached hydrogen (secondary N) is 2. The zero-order valence-corrected chi connectivity index (χ0v) is 22.8. The number of amides is 2. The molecule has 0 aliphatic heterocycles. The molecular formula is C25H27BrClN5O2S. The summed E-state index contributed by atoms with van der Waals surface area (Å²) in [7, 11) is 0. The van der Waals surface area contributed by atoms with Crippen LogP contribution in [0.2, 0.25) is 5.02 Å².